The molecule has 0 saturated heterocycles. The van der Waals surface area contributed by atoms with E-state index in [9.17, 15) is 0 Å². The number of anilines is 1. The number of nitrogens with one attached hydrogen (secondary N) is 1. The second-order valence-corrected chi connectivity index (χ2v) is 4.32. The summed E-state index contributed by atoms with van der Waals surface area (Å²) < 4.78 is 6.33. The maximum absolute atomic E-state index is 5.55. The highest BCUT2D eigenvalue weighted by Gasteiger charge is 2.08. The van der Waals surface area contributed by atoms with Crippen molar-refractivity contribution in [3.63, 3.8) is 0 Å². The van der Waals surface area contributed by atoms with Gasteiger partial charge in [0.05, 0.1) is 0 Å². The second-order valence-electron chi connectivity index (χ2n) is 3.52. The Labute approximate surface area is 104 Å². The van der Waals surface area contributed by atoms with Crippen molar-refractivity contribution in [2.24, 2.45) is 0 Å². The molecule has 0 fully saturated rings. The van der Waals surface area contributed by atoms with E-state index in [0.717, 1.165) is 23.4 Å². The molecule has 0 saturated carbocycles. The molecule has 1 heterocycles. The van der Waals surface area contributed by atoms with Gasteiger partial charge in [-0.15, -0.1) is 0 Å². The van der Waals surface area contributed by atoms with Crippen LogP contribution in [-0.2, 0) is 0 Å². The molecule has 0 spiro atoms. The molecule has 0 amide bonds. The summed E-state index contributed by atoms with van der Waals surface area (Å²) in [5.41, 5.74) is 0. The zero-order valence-electron chi connectivity index (χ0n) is 9.83. The molecule has 0 aromatic carbocycles. The molecule has 1 aromatic heterocycles. The fourth-order valence-electron chi connectivity index (χ4n) is 1.07. The Kier molecular flexibility index (Phi) is 5.48. The van der Waals surface area contributed by atoms with Crippen LogP contribution in [0.4, 0.5) is 5.82 Å². The molecule has 0 atom stereocenters. The van der Waals surface area contributed by atoms with Crippen LogP contribution >= 0.6 is 15.9 Å². The molecule has 5 nitrogen and oxygen atoms in total. The van der Waals surface area contributed by atoms with E-state index in [1.165, 1.54) is 6.33 Å². The largest absolute Gasteiger partial charge is 0.475 e. The molecular weight excluding hydrogens is 272 g/mol. The lowest BCUT2D eigenvalue weighted by molar-refractivity contribution is 0.252. The van der Waals surface area contributed by atoms with Gasteiger partial charge < -0.3 is 15.0 Å². The summed E-state index contributed by atoms with van der Waals surface area (Å²) in [5, 5.41) is 3.13. The van der Waals surface area contributed by atoms with Gasteiger partial charge in [-0.25, -0.2) is 9.97 Å². The van der Waals surface area contributed by atoms with E-state index in [0.29, 0.717) is 12.5 Å². The van der Waals surface area contributed by atoms with Gasteiger partial charge in [0.25, 0.3) is 0 Å². The first-order valence-corrected chi connectivity index (χ1v) is 5.96. The molecule has 6 heteroatoms. The minimum atomic E-state index is 0.577. The standard InChI is InChI=1S/C10H17BrN4O/c1-4-12-9-8(11)10(14-7-13-9)16-6-5-15(2)3/h7H,4-6H2,1-3H3,(H,12,13,14). The Balaban J connectivity index is 2.62. The van der Waals surface area contributed by atoms with E-state index in [4.69, 9.17) is 4.74 Å². The molecule has 0 unspecified atom stereocenters. The molecule has 1 rings (SSSR count). The number of rotatable bonds is 6. The summed E-state index contributed by atoms with van der Waals surface area (Å²) in [4.78, 5) is 10.2. The van der Waals surface area contributed by atoms with Crippen LogP contribution in [0.1, 0.15) is 6.92 Å². The van der Waals surface area contributed by atoms with Crippen molar-refractivity contribution in [3.8, 4) is 5.88 Å². The van der Waals surface area contributed by atoms with E-state index >= 15 is 0 Å². The average Bonchev–Trinajstić information content (AvgIpc) is 2.23. The van der Waals surface area contributed by atoms with Gasteiger partial charge in [0.2, 0.25) is 5.88 Å². The average molecular weight is 289 g/mol. The van der Waals surface area contributed by atoms with Crippen LogP contribution in [0.3, 0.4) is 0 Å². The van der Waals surface area contributed by atoms with Gasteiger partial charge in [-0.1, -0.05) is 0 Å². The first kappa shape index (κ1) is 13.2. The number of ether oxygens (including phenoxy) is 1. The predicted octanol–water partition coefficient (Wildman–Crippen LogP) is 1.61. The SMILES string of the molecule is CCNc1ncnc(OCCN(C)C)c1Br. The Morgan fingerprint density at radius 1 is 1.44 bits per heavy atom. The third-order valence-electron chi connectivity index (χ3n) is 1.88. The van der Waals surface area contributed by atoms with Gasteiger partial charge in [0, 0.05) is 13.1 Å². The van der Waals surface area contributed by atoms with E-state index in [2.05, 4.69) is 36.1 Å². The van der Waals surface area contributed by atoms with Crippen molar-refractivity contribution in [2.75, 3.05) is 39.1 Å². The zero-order valence-corrected chi connectivity index (χ0v) is 11.4. The monoisotopic (exact) mass is 288 g/mol. The van der Waals surface area contributed by atoms with Crippen LogP contribution in [-0.4, -0.2) is 48.7 Å². The summed E-state index contributed by atoms with van der Waals surface area (Å²) >= 11 is 3.42. The topological polar surface area (TPSA) is 50.3 Å². The first-order valence-electron chi connectivity index (χ1n) is 5.17. The quantitative estimate of drug-likeness (QED) is 0.862. The van der Waals surface area contributed by atoms with Crippen LogP contribution in [0.15, 0.2) is 10.8 Å². The number of halogens is 1. The molecule has 1 aromatic rings. The minimum absolute atomic E-state index is 0.577. The van der Waals surface area contributed by atoms with Crippen LogP contribution in [0.2, 0.25) is 0 Å². The highest BCUT2D eigenvalue weighted by Crippen LogP contribution is 2.27. The molecule has 90 valence electrons. The van der Waals surface area contributed by atoms with E-state index in [1.54, 1.807) is 0 Å². The smallest absolute Gasteiger partial charge is 0.233 e. The Morgan fingerprint density at radius 2 is 2.19 bits per heavy atom. The number of likely N-dealkylation sites (N-methyl/N-ethyl adjacent to an activating group) is 1. The summed E-state index contributed by atoms with van der Waals surface area (Å²) in [6.45, 7) is 4.29. The molecule has 0 aliphatic rings. The van der Waals surface area contributed by atoms with Crippen LogP contribution in [0, 0.1) is 0 Å². The molecule has 0 aliphatic heterocycles. The van der Waals surface area contributed by atoms with Gasteiger partial charge in [-0.05, 0) is 36.9 Å². The Hall–Kier alpha value is -0.880. The van der Waals surface area contributed by atoms with Crippen molar-refractivity contribution in [2.45, 2.75) is 6.92 Å². The van der Waals surface area contributed by atoms with Crippen molar-refractivity contribution in [1.29, 1.82) is 0 Å². The van der Waals surface area contributed by atoms with E-state index in [1.807, 2.05) is 21.0 Å². The van der Waals surface area contributed by atoms with Crippen molar-refractivity contribution in [3.05, 3.63) is 10.8 Å². The van der Waals surface area contributed by atoms with Crippen molar-refractivity contribution >= 4 is 21.7 Å². The van der Waals surface area contributed by atoms with E-state index < -0.39 is 0 Å². The fraction of sp³-hybridized carbons (Fsp3) is 0.600. The lowest BCUT2D eigenvalue weighted by Gasteiger charge is -2.12. The highest BCUT2D eigenvalue weighted by atomic mass is 79.9. The lowest BCUT2D eigenvalue weighted by atomic mass is 10.5. The molecule has 0 bridgehead atoms. The maximum atomic E-state index is 5.55. The van der Waals surface area contributed by atoms with Crippen molar-refractivity contribution < 1.29 is 4.74 Å². The minimum Gasteiger partial charge on any atom is -0.475 e. The third-order valence-corrected chi connectivity index (χ3v) is 2.59. The summed E-state index contributed by atoms with van der Waals surface area (Å²) in [5.74, 6) is 1.34. The molecule has 0 radical (unpaired) electrons. The maximum Gasteiger partial charge on any atom is 0.233 e. The zero-order chi connectivity index (χ0) is 12.0. The normalized spacial score (nSPS) is 10.6. The van der Waals surface area contributed by atoms with Crippen LogP contribution < -0.4 is 10.1 Å². The van der Waals surface area contributed by atoms with Gasteiger partial charge in [-0.3, -0.25) is 0 Å². The second kappa shape index (κ2) is 6.65. The predicted molar refractivity (Wildman–Crippen MR) is 67.9 cm³/mol. The number of hydrogen-bond acceptors (Lipinski definition) is 5. The number of nitrogens with zero attached hydrogens (tertiary/aromatic N) is 3. The van der Waals surface area contributed by atoms with Crippen LogP contribution in [0.25, 0.3) is 0 Å². The fourth-order valence-corrected chi connectivity index (χ4v) is 1.53. The summed E-state index contributed by atoms with van der Waals surface area (Å²) in [6.07, 6.45) is 1.49. The van der Waals surface area contributed by atoms with E-state index in [-0.39, 0.29) is 0 Å². The van der Waals surface area contributed by atoms with Gasteiger partial charge >= 0.3 is 0 Å². The lowest BCUT2D eigenvalue weighted by Crippen LogP contribution is -2.20. The highest BCUT2D eigenvalue weighted by molar-refractivity contribution is 9.10. The van der Waals surface area contributed by atoms with Gasteiger partial charge in [-0.2, -0.15) is 0 Å². The number of aromatic nitrogens is 2. The summed E-state index contributed by atoms with van der Waals surface area (Å²) in [7, 11) is 4.00. The molecule has 16 heavy (non-hydrogen) atoms. The first-order chi connectivity index (χ1) is 7.65. The Morgan fingerprint density at radius 3 is 2.81 bits per heavy atom. The van der Waals surface area contributed by atoms with Gasteiger partial charge in [0.15, 0.2) is 0 Å². The molecule has 1 N–H and O–H groups in total. The van der Waals surface area contributed by atoms with Crippen molar-refractivity contribution in [1.82, 2.24) is 14.9 Å². The Bertz CT molecular complexity index is 333. The van der Waals surface area contributed by atoms with Crippen LogP contribution in [0.5, 0.6) is 5.88 Å². The van der Waals surface area contributed by atoms with Gasteiger partial charge in [0.1, 0.15) is 23.2 Å². The molecule has 0 aliphatic carbocycles. The summed E-state index contributed by atoms with van der Waals surface area (Å²) in [6, 6.07) is 0. The number of hydrogen-bond donors (Lipinski definition) is 1. The third kappa shape index (κ3) is 3.94. The molecular formula is C10H17BrN4O.